The molecule has 0 unspecified atom stereocenters. The van der Waals surface area contributed by atoms with Crippen LogP contribution in [0.3, 0.4) is 0 Å². The number of aliphatic hydroxyl groups is 1. The van der Waals surface area contributed by atoms with E-state index in [9.17, 15) is 9.90 Å². The number of para-hydroxylation sites is 1. The molecule has 3 rings (SSSR count). The van der Waals surface area contributed by atoms with E-state index in [1.807, 2.05) is 55.4 Å². The Balaban J connectivity index is 1.47. The lowest BCUT2D eigenvalue weighted by atomic mass is 9.98. The second-order valence-electron chi connectivity index (χ2n) is 7.37. The lowest BCUT2D eigenvalue weighted by Gasteiger charge is -2.33. The van der Waals surface area contributed by atoms with E-state index in [0.29, 0.717) is 25.1 Å². The molecule has 8 heteroatoms. The van der Waals surface area contributed by atoms with Crippen molar-refractivity contribution in [3.05, 3.63) is 47.9 Å². The first-order valence-corrected chi connectivity index (χ1v) is 9.52. The molecule has 0 aliphatic carbocycles. The molecule has 3 atom stereocenters. The Kier molecular flexibility index (Phi) is 7.02. The van der Waals surface area contributed by atoms with Crippen LogP contribution in [0, 0.1) is 0 Å². The van der Waals surface area contributed by atoms with Crippen molar-refractivity contribution in [2.75, 3.05) is 26.0 Å². The monoisotopic (exact) mass is 388 g/mol. The maximum Gasteiger partial charge on any atom is 0.319 e. The maximum atomic E-state index is 12.0. The highest BCUT2D eigenvalue weighted by Gasteiger charge is 2.30. The third-order valence-electron chi connectivity index (χ3n) is 4.59. The molecule has 0 saturated carbocycles. The molecule has 1 saturated heterocycles. The fourth-order valence-corrected chi connectivity index (χ4v) is 3.24. The number of amides is 2. The molecule has 8 nitrogen and oxygen atoms in total. The lowest BCUT2D eigenvalue weighted by Crippen LogP contribution is -2.47. The number of aliphatic hydroxyl groups excluding tert-OH is 1. The van der Waals surface area contributed by atoms with Crippen molar-refractivity contribution in [2.24, 2.45) is 0 Å². The summed E-state index contributed by atoms with van der Waals surface area (Å²) in [5.74, 6) is 0.812. The van der Waals surface area contributed by atoms with Crippen molar-refractivity contribution >= 4 is 11.7 Å². The van der Waals surface area contributed by atoms with Crippen molar-refractivity contribution in [1.82, 2.24) is 15.4 Å². The van der Waals surface area contributed by atoms with Gasteiger partial charge in [0.15, 0.2) is 5.76 Å². The zero-order valence-corrected chi connectivity index (χ0v) is 16.3. The lowest BCUT2D eigenvalue weighted by molar-refractivity contribution is -0.113. The fourth-order valence-electron chi connectivity index (χ4n) is 3.24. The number of hydrogen-bond acceptors (Lipinski definition) is 6. The standard InChI is InChI=1S/C20H28N4O4/c1-24(2)13-17-11-15(23-28-17)10-16-8-9-18(25)19(27-16)12-21-20(26)22-14-6-4-3-5-7-14/h3-7,11,16,18-19,25H,8-10,12-13H2,1-2H3,(H2,21,22,26)/t16-,18-,19+/m0/s1. The van der Waals surface area contributed by atoms with Gasteiger partial charge in [-0.2, -0.15) is 0 Å². The van der Waals surface area contributed by atoms with Crippen molar-refractivity contribution in [3.63, 3.8) is 0 Å². The van der Waals surface area contributed by atoms with Gasteiger partial charge in [0.1, 0.15) is 6.10 Å². The largest absolute Gasteiger partial charge is 0.390 e. The third-order valence-corrected chi connectivity index (χ3v) is 4.59. The topological polar surface area (TPSA) is 99.9 Å². The molecule has 1 aliphatic heterocycles. The summed E-state index contributed by atoms with van der Waals surface area (Å²) in [5.41, 5.74) is 1.55. The zero-order chi connectivity index (χ0) is 19.9. The molecule has 1 aliphatic rings. The summed E-state index contributed by atoms with van der Waals surface area (Å²) < 4.78 is 11.3. The summed E-state index contributed by atoms with van der Waals surface area (Å²) in [6.07, 6.45) is 0.868. The second-order valence-corrected chi connectivity index (χ2v) is 7.37. The number of carbonyl (C=O) groups is 1. The van der Waals surface area contributed by atoms with E-state index in [1.165, 1.54) is 0 Å². The van der Waals surface area contributed by atoms with E-state index in [1.54, 1.807) is 0 Å². The van der Waals surface area contributed by atoms with Crippen LogP contribution in [-0.4, -0.2) is 60.1 Å². The number of nitrogens with zero attached hydrogens (tertiary/aromatic N) is 2. The second kappa shape index (κ2) is 9.68. The smallest absolute Gasteiger partial charge is 0.319 e. The summed E-state index contributed by atoms with van der Waals surface area (Å²) in [4.78, 5) is 14.1. The Hall–Kier alpha value is -2.42. The summed E-state index contributed by atoms with van der Waals surface area (Å²) in [6, 6.07) is 10.8. The predicted molar refractivity (Wildman–Crippen MR) is 105 cm³/mol. The van der Waals surface area contributed by atoms with Crippen LogP contribution >= 0.6 is 0 Å². The third kappa shape index (κ3) is 6.05. The van der Waals surface area contributed by atoms with Crippen molar-refractivity contribution in [2.45, 2.75) is 44.1 Å². The van der Waals surface area contributed by atoms with E-state index in [0.717, 1.165) is 17.9 Å². The van der Waals surface area contributed by atoms with Gasteiger partial charge in [0, 0.05) is 24.7 Å². The Morgan fingerprint density at radius 1 is 1.29 bits per heavy atom. The van der Waals surface area contributed by atoms with Gasteiger partial charge in [0.2, 0.25) is 0 Å². The van der Waals surface area contributed by atoms with Gasteiger partial charge in [-0.1, -0.05) is 23.4 Å². The number of hydrogen-bond donors (Lipinski definition) is 3. The zero-order valence-electron chi connectivity index (χ0n) is 16.3. The van der Waals surface area contributed by atoms with Crippen LogP contribution in [-0.2, 0) is 17.7 Å². The minimum absolute atomic E-state index is 0.0651. The van der Waals surface area contributed by atoms with Crippen molar-refractivity contribution in [1.29, 1.82) is 0 Å². The highest BCUT2D eigenvalue weighted by molar-refractivity contribution is 5.89. The number of rotatable bonds is 7. The number of aromatic nitrogens is 1. The maximum absolute atomic E-state index is 12.0. The van der Waals surface area contributed by atoms with Gasteiger partial charge >= 0.3 is 6.03 Å². The summed E-state index contributed by atoms with van der Waals surface area (Å²) >= 11 is 0. The summed E-state index contributed by atoms with van der Waals surface area (Å²) in [7, 11) is 3.94. The van der Waals surface area contributed by atoms with Crippen LogP contribution in [0.25, 0.3) is 0 Å². The molecule has 1 aromatic carbocycles. The van der Waals surface area contributed by atoms with E-state index in [-0.39, 0.29) is 18.7 Å². The molecule has 1 fully saturated rings. The average molecular weight is 388 g/mol. The van der Waals surface area contributed by atoms with Gasteiger partial charge in [0.25, 0.3) is 0 Å². The Morgan fingerprint density at radius 3 is 2.82 bits per heavy atom. The molecule has 2 amide bonds. The molecule has 0 spiro atoms. The molecular weight excluding hydrogens is 360 g/mol. The molecule has 2 aromatic rings. The van der Waals surface area contributed by atoms with Crippen LogP contribution in [0.1, 0.15) is 24.3 Å². The first-order valence-electron chi connectivity index (χ1n) is 9.52. The first kappa shape index (κ1) is 20.3. The van der Waals surface area contributed by atoms with Gasteiger partial charge in [-0.15, -0.1) is 0 Å². The normalized spacial score (nSPS) is 22.2. The highest BCUT2D eigenvalue weighted by Crippen LogP contribution is 2.22. The highest BCUT2D eigenvalue weighted by atomic mass is 16.5. The van der Waals surface area contributed by atoms with Crippen LogP contribution in [0.5, 0.6) is 0 Å². The number of carbonyl (C=O) groups excluding carboxylic acids is 1. The Bertz CT molecular complexity index is 750. The van der Waals surface area contributed by atoms with Crippen molar-refractivity contribution < 1.29 is 19.2 Å². The van der Waals surface area contributed by atoms with Crippen LogP contribution < -0.4 is 10.6 Å². The number of anilines is 1. The van der Waals surface area contributed by atoms with E-state index < -0.39 is 12.2 Å². The Morgan fingerprint density at radius 2 is 2.07 bits per heavy atom. The van der Waals surface area contributed by atoms with Gasteiger partial charge < -0.3 is 29.9 Å². The van der Waals surface area contributed by atoms with Crippen LogP contribution in [0.15, 0.2) is 40.9 Å². The molecule has 152 valence electrons. The average Bonchev–Trinajstić information content (AvgIpc) is 3.09. The minimum Gasteiger partial charge on any atom is -0.390 e. The molecule has 3 N–H and O–H groups in total. The quantitative estimate of drug-likeness (QED) is 0.671. The van der Waals surface area contributed by atoms with Gasteiger partial charge in [-0.3, -0.25) is 0 Å². The predicted octanol–water partition coefficient (Wildman–Crippen LogP) is 2.01. The molecule has 28 heavy (non-hydrogen) atoms. The fraction of sp³-hybridized carbons (Fsp3) is 0.500. The van der Waals surface area contributed by atoms with Gasteiger partial charge in [0.05, 0.1) is 24.4 Å². The number of benzene rings is 1. The number of nitrogens with one attached hydrogen (secondary N) is 2. The van der Waals surface area contributed by atoms with Crippen LogP contribution in [0.4, 0.5) is 10.5 Å². The summed E-state index contributed by atoms with van der Waals surface area (Å²) in [6.45, 7) is 0.932. The van der Waals surface area contributed by atoms with E-state index in [4.69, 9.17) is 9.26 Å². The number of urea groups is 1. The molecule has 1 aromatic heterocycles. The molecule has 2 heterocycles. The SMILES string of the molecule is CN(C)Cc1cc(C[C@@H]2CC[C@H](O)[C@@H](CNC(=O)Nc3ccccc3)O2)no1. The van der Waals surface area contributed by atoms with Gasteiger partial charge in [-0.05, 0) is 39.1 Å². The van der Waals surface area contributed by atoms with Crippen LogP contribution in [0.2, 0.25) is 0 Å². The minimum atomic E-state index is -0.602. The Labute approximate surface area is 164 Å². The van der Waals surface area contributed by atoms with Gasteiger partial charge in [-0.25, -0.2) is 4.79 Å². The summed E-state index contributed by atoms with van der Waals surface area (Å²) in [5, 5.41) is 19.8. The van der Waals surface area contributed by atoms with E-state index in [2.05, 4.69) is 15.8 Å². The molecular formula is C20H28N4O4. The molecule has 0 radical (unpaired) electrons. The van der Waals surface area contributed by atoms with E-state index >= 15 is 0 Å². The number of ether oxygens (including phenoxy) is 1. The first-order chi connectivity index (χ1) is 13.5. The van der Waals surface area contributed by atoms with Crippen molar-refractivity contribution in [3.8, 4) is 0 Å². The molecule has 0 bridgehead atoms.